The van der Waals surface area contributed by atoms with Gasteiger partial charge in [0, 0.05) is 20.1 Å². The van der Waals surface area contributed by atoms with Crippen molar-refractivity contribution < 1.29 is 19.4 Å². The fourth-order valence-corrected chi connectivity index (χ4v) is 1.95. The van der Waals surface area contributed by atoms with Crippen molar-refractivity contribution in [3.8, 4) is 0 Å². The lowest BCUT2D eigenvalue weighted by Gasteiger charge is -2.32. The van der Waals surface area contributed by atoms with Gasteiger partial charge in [0.2, 0.25) is 0 Å². The first-order valence-corrected chi connectivity index (χ1v) is 5.67. The zero-order valence-electron chi connectivity index (χ0n) is 10.1. The molecule has 1 atom stereocenters. The van der Waals surface area contributed by atoms with Gasteiger partial charge < -0.3 is 19.3 Å². The number of carboxylic acids is 1. The number of aryl methyl sites for hydroxylation is 1. The van der Waals surface area contributed by atoms with Crippen LogP contribution in [0.25, 0.3) is 0 Å². The number of ether oxygens (including phenoxy) is 1. The first-order chi connectivity index (χ1) is 8.58. The van der Waals surface area contributed by atoms with Gasteiger partial charge in [-0.1, -0.05) is 0 Å². The van der Waals surface area contributed by atoms with E-state index in [0.29, 0.717) is 25.4 Å². The second kappa shape index (κ2) is 5.18. The molecule has 2 rings (SSSR count). The molecule has 2 heterocycles. The predicted molar refractivity (Wildman–Crippen MR) is 61.1 cm³/mol. The number of hydrogen-bond donors (Lipinski definition) is 1. The van der Waals surface area contributed by atoms with E-state index in [-0.39, 0.29) is 12.3 Å². The Morgan fingerprint density at radius 1 is 1.61 bits per heavy atom. The van der Waals surface area contributed by atoms with Gasteiger partial charge in [-0.3, -0.25) is 9.59 Å². The zero-order valence-corrected chi connectivity index (χ0v) is 10.1. The molecule has 1 aliphatic rings. The van der Waals surface area contributed by atoms with Crippen molar-refractivity contribution in [1.29, 1.82) is 0 Å². The Morgan fingerprint density at radius 3 is 3.00 bits per heavy atom. The van der Waals surface area contributed by atoms with E-state index >= 15 is 0 Å². The number of carboxylic acid groups (broad SMARTS) is 1. The van der Waals surface area contributed by atoms with Crippen LogP contribution in [0.3, 0.4) is 0 Å². The molecule has 7 heteroatoms. The maximum absolute atomic E-state index is 12.2. The van der Waals surface area contributed by atoms with Crippen molar-refractivity contribution >= 4 is 11.9 Å². The van der Waals surface area contributed by atoms with E-state index in [4.69, 9.17) is 9.84 Å². The molecular formula is C11H15N3O4. The van der Waals surface area contributed by atoms with Crippen LogP contribution >= 0.6 is 0 Å². The molecule has 0 bridgehead atoms. The van der Waals surface area contributed by atoms with Crippen LogP contribution in [0, 0.1) is 0 Å². The first kappa shape index (κ1) is 12.6. The fourth-order valence-electron chi connectivity index (χ4n) is 1.95. The topological polar surface area (TPSA) is 84.7 Å². The lowest BCUT2D eigenvalue weighted by atomic mass is 10.2. The maximum atomic E-state index is 12.2. The summed E-state index contributed by atoms with van der Waals surface area (Å²) < 4.78 is 6.96. The molecule has 0 aliphatic carbocycles. The van der Waals surface area contributed by atoms with Crippen LogP contribution in [0.5, 0.6) is 0 Å². The van der Waals surface area contributed by atoms with E-state index in [1.54, 1.807) is 22.8 Å². The minimum absolute atomic E-state index is 0.0881. The van der Waals surface area contributed by atoms with Crippen LogP contribution in [-0.4, -0.2) is 57.2 Å². The second-order valence-electron chi connectivity index (χ2n) is 4.23. The molecule has 7 nitrogen and oxygen atoms in total. The third kappa shape index (κ3) is 2.67. The average molecular weight is 253 g/mol. The highest BCUT2D eigenvalue weighted by Gasteiger charge is 2.27. The van der Waals surface area contributed by atoms with E-state index in [9.17, 15) is 9.59 Å². The van der Waals surface area contributed by atoms with Gasteiger partial charge >= 0.3 is 5.97 Å². The predicted octanol–water partition coefficient (Wildman–Crippen LogP) is -0.264. The van der Waals surface area contributed by atoms with E-state index in [0.717, 1.165) is 0 Å². The molecule has 0 aromatic carbocycles. The van der Waals surface area contributed by atoms with Gasteiger partial charge in [0.1, 0.15) is 5.69 Å². The summed E-state index contributed by atoms with van der Waals surface area (Å²) in [7, 11) is 1.75. The molecule has 1 aliphatic heterocycles. The number of carbonyl (C=O) groups excluding carboxylic acids is 1. The summed E-state index contributed by atoms with van der Waals surface area (Å²) in [5, 5.41) is 8.72. The summed E-state index contributed by atoms with van der Waals surface area (Å²) in [4.78, 5) is 28.3. The lowest BCUT2D eigenvalue weighted by Crippen LogP contribution is -2.46. The van der Waals surface area contributed by atoms with Gasteiger partial charge in [0.25, 0.3) is 5.91 Å². The zero-order chi connectivity index (χ0) is 13.1. The lowest BCUT2D eigenvalue weighted by molar-refractivity contribution is -0.141. The third-order valence-corrected chi connectivity index (χ3v) is 2.86. The molecule has 1 unspecified atom stereocenters. The number of morpholine rings is 1. The molecule has 0 radical (unpaired) electrons. The van der Waals surface area contributed by atoms with Crippen LogP contribution in [0.2, 0.25) is 0 Å². The molecule has 0 saturated carbocycles. The van der Waals surface area contributed by atoms with E-state index in [2.05, 4.69) is 4.98 Å². The van der Waals surface area contributed by atoms with Gasteiger partial charge in [-0.2, -0.15) is 0 Å². The first-order valence-electron chi connectivity index (χ1n) is 5.67. The minimum Gasteiger partial charge on any atom is -0.481 e. The van der Waals surface area contributed by atoms with Gasteiger partial charge in [-0.15, -0.1) is 0 Å². The standard InChI is InChI=1S/C11H15N3O4/c1-13-7-12-5-9(13)11(17)14-2-3-18-8(6-14)4-10(15)16/h5,7-8H,2-4,6H2,1H3,(H,15,16). The molecule has 18 heavy (non-hydrogen) atoms. The molecule has 1 amide bonds. The molecule has 1 N–H and O–H groups in total. The number of aromatic nitrogens is 2. The van der Waals surface area contributed by atoms with E-state index in [1.807, 2.05) is 0 Å². The highest BCUT2D eigenvalue weighted by molar-refractivity contribution is 5.92. The van der Waals surface area contributed by atoms with Crippen LogP contribution in [0.4, 0.5) is 0 Å². The van der Waals surface area contributed by atoms with Crippen molar-refractivity contribution in [2.45, 2.75) is 12.5 Å². The molecule has 1 saturated heterocycles. The summed E-state index contributed by atoms with van der Waals surface area (Å²) in [5.41, 5.74) is 0.492. The highest BCUT2D eigenvalue weighted by atomic mass is 16.5. The Balaban J connectivity index is 2.03. The number of carbonyl (C=O) groups is 2. The van der Waals surface area contributed by atoms with Crippen molar-refractivity contribution in [2.75, 3.05) is 19.7 Å². The van der Waals surface area contributed by atoms with Crippen LogP contribution < -0.4 is 0 Å². The molecule has 1 aromatic rings. The highest BCUT2D eigenvalue weighted by Crippen LogP contribution is 2.12. The monoisotopic (exact) mass is 253 g/mol. The summed E-state index contributed by atoms with van der Waals surface area (Å²) >= 11 is 0. The van der Waals surface area contributed by atoms with Crippen molar-refractivity contribution in [1.82, 2.24) is 14.5 Å². The molecule has 0 spiro atoms. The Kier molecular flexibility index (Phi) is 3.61. The van der Waals surface area contributed by atoms with Crippen LogP contribution in [-0.2, 0) is 16.6 Å². The SMILES string of the molecule is Cn1cncc1C(=O)N1CCOC(CC(=O)O)C1. The molecule has 1 aromatic heterocycles. The summed E-state index contributed by atoms with van der Waals surface area (Å²) in [6, 6.07) is 0. The number of nitrogens with zero attached hydrogens (tertiary/aromatic N) is 3. The molecule has 1 fully saturated rings. The Bertz CT molecular complexity index is 457. The Hall–Kier alpha value is -1.89. The average Bonchev–Trinajstić information content (AvgIpc) is 2.74. The maximum Gasteiger partial charge on any atom is 0.306 e. The molecular weight excluding hydrogens is 238 g/mol. The number of imidazole rings is 1. The smallest absolute Gasteiger partial charge is 0.306 e. The number of rotatable bonds is 3. The minimum atomic E-state index is -0.921. The summed E-state index contributed by atoms with van der Waals surface area (Å²) in [6.07, 6.45) is 2.54. The van der Waals surface area contributed by atoms with E-state index in [1.165, 1.54) is 6.20 Å². The summed E-state index contributed by atoms with van der Waals surface area (Å²) in [5.74, 6) is -1.07. The van der Waals surface area contributed by atoms with Gasteiger partial charge in [0.15, 0.2) is 0 Å². The largest absolute Gasteiger partial charge is 0.481 e. The van der Waals surface area contributed by atoms with Crippen molar-refractivity contribution in [3.05, 3.63) is 18.2 Å². The van der Waals surface area contributed by atoms with E-state index < -0.39 is 12.1 Å². The number of aliphatic carboxylic acids is 1. The Morgan fingerprint density at radius 2 is 2.39 bits per heavy atom. The van der Waals surface area contributed by atoms with Gasteiger partial charge in [0.05, 0.1) is 31.7 Å². The second-order valence-corrected chi connectivity index (χ2v) is 4.23. The third-order valence-electron chi connectivity index (χ3n) is 2.86. The van der Waals surface area contributed by atoms with Crippen molar-refractivity contribution in [2.24, 2.45) is 7.05 Å². The quantitative estimate of drug-likeness (QED) is 0.802. The van der Waals surface area contributed by atoms with Crippen LogP contribution in [0.15, 0.2) is 12.5 Å². The van der Waals surface area contributed by atoms with Gasteiger partial charge in [-0.25, -0.2) is 4.98 Å². The Labute approximate surface area is 104 Å². The normalized spacial score (nSPS) is 19.8. The molecule has 98 valence electrons. The van der Waals surface area contributed by atoms with Crippen molar-refractivity contribution in [3.63, 3.8) is 0 Å². The van der Waals surface area contributed by atoms with Gasteiger partial charge in [-0.05, 0) is 0 Å². The fraction of sp³-hybridized carbons (Fsp3) is 0.545. The van der Waals surface area contributed by atoms with Crippen LogP contribution in [0.1, 0.15) is 16.9 Å². The number of amides is 1. The summed E-state index contributed by atoms with van der Waals surface area (Å²) in [6.45, 7) is 1.14. The number of hydrogen-bond acceptors (Lipinski definition) is 4.